The molecule has 2 amide bonds. The van der Waals surface area contributed by atoms with Gasteiger partial charge >= 0.3 is 0 Å². The van der Waals surface area contributed by atoms with Crippen molar-refractivity contribution < 1.29 is 27.3 Å². The third-order valence-electron chi connectivity index (χ3n) is 6.37. The molecule has 1 aromatic carbocycles. The molecule has 2 N–H and O–H groups in total. The fourth-order valence-corrected chi connectivity index (χ4v) is 4.72. The third kappa shape index (κ3) is 8.62. The number of likely N-dealkylation sites (tertiary alicyclic amines) is 1. The second-order valence-electron chi connectivity index (χ2n) is 11.0. The molecule has 1 fully saturated rings. The molecule has 40 heavy (non-hydrogen) atoms. The molecule has 214 valence electrons. The summed E-state index contributed by atoms with van der Waals surface area (Å²) in [5, 5.41) is 9.43. The number of carbonyl (C=O) groups excluding carboxylic acids is 2. The molecule has 11 nitrogen and oxygen atoms in total. The molecular weight excluding hydrogens is 534 g/mol. The molecule has 1 unspecified atom stereocenters. The fourth-order valence-electron chi connectivity index (χ4n) is 4.13. The summed E-state index contributed by atoms with van der Waals surface area (Å²) in [5.41, 5.74) is 1.38. The van der Waals surface area contributed by atoms with Gasteiger partial charge in [0.15, 0.2) is 5.82 Å². The fraction of sp³-hybridized carbons (Fsp3) is 0.429. The second kappa shape index (κ2) is 12.2. The van der Waals surface area contributed by atoms with Crippen LogP contribution in [-0.4, -0.2) is 73.0 Å². The van der Waals surface area contributed by atoms with Crippen LogP contribution < -0.4 is 15.4 Å². The predicted octanol–water partition coefficient (Wildman–Crippen LogP) is 3.30. The van der Waals surface area contributed by atoms with E-state index in [9.17, 15) is 18.0 Å². The smallest absolute Gasteiger partial charge is 0.274 e. The lowest BCUT2D eigenvalue weighted by Crippen LogP contribution is -2.29. The molecule has 0 spiro atoms. The Hall–Kier alpha value is -3.77. The molecule has 1 aliphatic heterocycles. The van der Waals surface area contributed by atoms with Gasteiger partial charge in [0.1, 0.15) is 33.1 Å². The number of nitrogens with zero attached hydrogens (tertiary/aromatic N) is 3. The molecule has 0 bridgehead atoms. The Morgan fingerprint density at radius 2 is 1.88 bits per heavy atom. The van der Waals surface area contributed by atoms with Crippen LogP contribution in [0.4, 0.5) is 11.5 Å². The van der Waals surface area contributed by atoms with Gasteiger partial charge in [-0.05, 0) is 36.2 Å². The van der Waals surface area contributed by atoms with Crippen molar-refractivity contribution in [1.29, 1.82) is 0 Å². The first-order chi connectivity index (χ1) is 18.8. The SMILES string of the molecule is CC(C)(C)c1cc(NC(=O)Cc2ccc(NC(=O)c3ccc(OC4CCN(CCS(C)(=O)=O)C4)cn3)cc2)no1. The van der Waals surface area contributed by atoms with Crippen LogP contribution in [0.5, 0.6) is 5.75 Å². The highest BCUT2D eigenvalue weighted by Gasteiger charge is 2.25. The highest BCUT2D eigenvalue weighted by atomic mass is 32.2. The summed E-state index contributed by atoms with van der Waals surface area (Å²) < 4.78 is 34.0. The Balaban J connectivity index is 1.23. The van der Waals surface area contributed by atoms with Crippen molar-refractivity contribution in [2.24, 2.45) is 0 Å². The monoisotopic (exact) mass is 569 g/mol. The van der Waals surface area contributed by atoms with Gasteiger partial charge in [0.05, 0.1) is 18.4 Å². The minimum Gasteiger partial charge on any atom is -0.487 e. The summed E-state index contributed by atoms with van der Waals surface area (Å²) in [6, 6.07) is 12.0. The summed E-state index contributed by atoms with van der Waals surface area (Å²) in [6.45, 7) is 7.91. The topological polar surface area (TPSA) is 144 Å². The number of ether oxygens (including phenoxy) is 1. The van der Waals surface area contributed by atoms with Gasteiger partial charge in [0.25, 0.3) is 5.91 Å². The van der Waals surface area contributed by atoms with Crippen LogP contribution in [0.3, 0.4) is 0 Å². The van der Waals surface area contributed by atoms with Gasteiger partial charge in [-0.25, -0.2) is 13.4 Å². The molecule has 0 aliphatic carbocycles. The number of pyridine rings is 1. The standard InChI is InChI=1S/C28H35N5O6S/c1-28(2,3)24-16-25(32-39-24)31-26(34)15-19-5-7-20(8-6-19)30-27(35)23-10-9-21(17-29-23)38-22-11-12-33(18-22)13-14-40(4,36)37/h5-10,16-17,22H,11-15,18H2,1-4H3,(H,30,35)(H,31,32,34). The number of hydrogen-bond acceptors (Lipinski definition) is 9. The number of aromatic nitrogens is 2. The van der Waals surface area contributed by atoms with Crippen molar-refractivity contribution in [2.45, 2.75) is 45.1 Å². The first kappa shape index (κ1) is 29.2. The molecule has 4 rings (SSSR count). The molecule has 1 aliphatic rings. The zero-order chi connectivity index (χ0) is 28.9. The van der Waals surface area contributed by atoms with Crippen LogP contribution in [0.1, 0.15) is 49.0 Å². The molecule has 3 aromatic rings. The number of rotatable bonds is 10. The highest BCUT2D eigenvalue weighted by Crippen LogP contribution is 2.24. The number of anilines is 2. The van der Waals surface area contributed by atoms with E-state index in [4.69, 9.17) is 9.26 Å². The van der Waals surface area contributed by atoms with E-state index in [0.29, 0.717) is 36.1 Å². The van der Waals surface area contributed by atoms with E-state index < -0.39 is 9.84 Å². The number of sulfone groups is 1. The summed E-state index contributed by atoms with van der Waals surface area (Å²) in [4.78, 5) is 31.3. The van der Waals surface area contributed by atoms with Gasteiger partial charge in [-0.3, -0.25) is 14.5 Å². The van der Waals surface area contributed by atoms with Crippen LogP contribution in [0, 0.1) is 0 Å². The summed E-state index contributed by atoms with van der Waals surface area (Å²) in [7, 11) is -3.00. The van der Waals surface area contributed by atoms with Crippen molar-refractivity contribution in [1.82, 2.24) is 15.0 Å². The Bertz CT molecular complexity index is 1430. The quantitative estimate of drug-likeness (QED) is 0.376. The van der Waals surface area contributed by atoms with Crippen LogP contribution in [0.25, 0.3) is 0 Å². The number of nitrogens with one attached hydrogen (secondary N) is 2. The first-order valence-corrected chi connectivity index (χ1v) is 15.1. The summed E-state index contributed by atoms with van der Waals surface area (Å²) in [5.74, 6) is 1.14. The van der Waals surface area contributed by atoms with Crippen molar-refractivity contribution in [3.05, 3.63) is 65.7 Å². The average molecular weight is 570 g/mol. The lowest BCUT2D eigenvalue weighted by molar-refractivity contribution is -0.115. The van der Waals surface area contributed by atoms with Gasteiger partial charge in [0, 0.05) is 43.1 Å². The summed E-state index contributed by atoms with van der Waals surface area (Å²) in [6.07, 6.45) is 3.63. The molecule has 0 saturated carbocycles. The Morgan fingerprint density at radius 1 is 1.12 bits per heavy atom. The van der Waals surface area contributed by atoms with Gasteiger partial charge in [-0.15, -0.1) is 0 Å². The van der Waals surface area contributed by atoms with E-state index in [0.717, 1.165) is 18.5 Å². The maximum atomic E-state index is 12.7. The van der Waals surface area contributed by atoms with E-state index in [1.165, 1.54) is 12.5 Å². The third-order valence-corrected chi connectivity index (χ3v) is 7.30. The Kier molecular flexibility index (Phi) is 8.89. The predicted molar refractivity (Wildman–Crippen MR) is 151 cm³/mol. The maximum absolute atomic E-state index is 12.7. The zero-order valence-corrected chi connectivity index (χ0v) is 24.0. The minimum absolute atomic E-state index is 0.0569. The van der Waals surface area contributed by atoms with Crippen LogP contribution in [0.2, 0.25) is 0 Å². The highest BCUT2D eigenvalue weighted by molar-refractivity contribution is 7.90. The molecule has 12 heteroatoms. The van der Waals surface area contributed by atoms with Crippen LogP contribution in [0.15, 0.2) is 53.2 Å². The average Bonchev–Trinajstić information content (AvgIpc) is 3.53. The molecular formula is C28H35N5O6S. The van der Waals surface area contributed by atoms with Crippen molar-refractivity contribution in [2.75, 3.05) is 42.3 Å². The Labute approximate surface area is 234 Å². The largest absolute Gasteiger partial charge is 0.487 e. The normalized spacial score (nSPS) is 16.1. The van der Waals surface area contributed by atoms with E-state index in [-0.39, 0.29) is 41.2 Å². The molecule has 2 aromatic heterocycles. The van der Waals surface area contributed by atoms with Crippen molar-refractivity contribution in [3.8, 4) is 5.75 Å². The number of amides is 2. The number of benzene rings is 1. The molecule has 0 radical (unpaired) electrons. The van der Waals surface area contributed by atoms with E-state index in [2.05, 4.69) is 25.7 Å². The van der Waals surface area contributed by atoms with E-state index >= 15 is 0 Å². The molecule has 3 heterocycles. The van der Waals surface area contributed by atoms with Gasteiger partial charge < -0.3 is 19.9 Å². The van der Waals surface area contributed by atoms with Crippen molar-refractivity contribution in [3.63, 3.8) is 0 Å². The maximum Gasteiger partial charge on any atom is 0.274 e. The van der Waals surface area contributed by atoms with Crippen LogP contribution >= 0.6 is 0 Å². The summed E-state index contributed by atoms with van der Waals surface area (Å²) >= 11 is 0. The van der Waals surface area contributed by atoms with Crippen LogP contribution in [-0.2, 0) is 26.5 Å². The van der Waals surface area contributed by atoms with Gasteiger partial charge in [-0.1, -0.05) is 38.1 Å². The Morgan fingerprint density at radius 3 is 2.50 bits per heavy atom. The van der Waals surface area contributed by atoms with E-state index in [1.54, 1.807) is 42.5 Å². The lowest BCUT2D eigenvalue weighted by Gasteiger charge is -2.16. The molecule has 1 saturated heterocycles. The lowest BCUT2D eigenvalue weighted by atomic mass is 9.93. The number of carbonyl (C=O) groups is 2. The molecule has 1 atom stereocenters. The van der Waals surface area contributed by atoms with Gasteiger partial charge in [0.2, 0.25) is 5.91 Å². The van der Waals surface area contributed by atoms with Crippen molar-refractivity contribution >= 4 is 33.2 Å². The van der Waals surface area contributed by atoms with E-state index in [1.807, 2.05) is 20.8 Å². The van der Waals surface area contributed by atoms with Gasteiger partial charge in [-0.2, -0.15) is 0 Å². The number of hydrogen-bond donors (Lipinski definition) is 2. The zero-order valence-electron chi connectivity index (χ0n) is 23.1. The minimum atomic E-state index is -3.00. The second-order valence-corrected chi connectivity index (χ2v) is 13.3. The first-order valence-electron chi connectivity index (χ1n) is 13.0.